The lowest BCUT2D eigenvalue weighted by Gasteiger charge is -2.32. The van der Waals surface area contributed by atoms with Gasteiger partial charge in [-0.2, -0.15) is 4.98 Å². The molecule has 2 aromatic carbocycles. The van der Waals surface area contributed by atoms with E-state index >= 15 is 0 Å². The minimum atomic E-state index is -1.08. The topological polar surface area (TPSA) is 144 Å². The molecule has 0 bridgehead atoms. The Morgan fingerprint density at radius 3 is 2.53 bits per heavy atom. The second kappa shape index (κ2) is 13.1. The Morgan fingerprint density at radius 2 is 1.88 bits per heavy atom. The van der Waals surface area contributed by atoms with Gasteiger partial charge in [0.1, 0.15) is 12.2 Å². The maximum atomic E-state index is 14.3. The number of methoxy groups -OCH3 is 2. The lowest BCUT2D eigenvalue weighted by Crippen LogP contribution is -2.46. The molecule has 0 radical (unpaired) electrons. The Hall–Kier alpha value is -3.32. The highest BCUT2D eigenvalue weighted by molar-refractivity contribution is 8.00. The minimum absolute atomic E-state index is 0.0391. The van der Waals surface area contributed by atoms with Gasteiger partial charge in [0.25, 0.3) is 5.91 Å². The lowest BCUT2D eigenvalue weighted by atomic mass is 9.92. The number of carbonyl (C=O) groups is 2. The van der Waals surface area contributed by atoms with Gasteiger partial charge in [0, 0.05) is 46.8 Å². The third-order valence-electron chi connectivity index (χ3n) is 7.04. The van der Waals surface area contributed by atoms with Gasteiger partial charge in [0.2, 0.25) is 5.89 Å². The van der Waals surface area contributed by atoms with Crippen molar-refractivity contribution in [3.63, 3.8) is 0 Å². The molecule has 232 valence electrons. The maximum absolute atomic E-state index is 14.3. The molecule has 0 saturated heterocycles. The SMILES string of the molecule is COc1cccc([C@H]2O[C@H](Cc3noc(C(C)(C)SCC(=O)O)n3)C(=O)N(CC(C)(C)CO)c3ccc(Cl)cc32)c1OC. The molecule has 0 saturated carbocycles. The van der Waals surface area contributed by atoms with Crippen molar-refractivity contribution in [3.05, 3.63) is 64.3 Å². The number of benzene rings is 2. The molecule has 11 nitrogen and oxygen atoms in total. The van der Waals surface area contributed by atoms with E-state index in [-0.39, 0.29) is 42.9 Å². The van der Waals surface area contributed by atoms with Crippen LogP contribution in [0.25, 0.3) is 0 Å². The molecule has 1 aliphatic heterocycles. The number of aliphatic hydroxyl groups is 1. The fourth-order valence-corrected chi connectivity index (χ4v) is 5.63. The summed E-state index contributed by atoms with van der Waals surface area (Å²) < 4.78 is 22.6. The Morgan fingerprint density at radius 1 is 1.14 bits per heavy atom. The van der Waals surface area contributed by atoms with E-state index < -0.39 is 28.3 Å². The van der Waals surface area contributed by atoms with Gasteiger partial charge in [0.05, 0.1) is 24.7 Å². The predicted octanol–water partition coefficient (Wildman–Crippen LogP) is 4.88. The van der Waals surface area contributed by atoms with Gasteiger partial charge in [-0.15, -0.1) is 11.8 Å². The largest absolute Gasteiger partial charge is 0.493 e. The van der Waals surface area contributed by atoms with Gasteiger partial charge in [-0.3, -0.25) is 9.59 Å². The second-order valence-corrected chi connectivity index (χ2v) is 13.5. The highest BCUT2D eigenvalue weighted by Gasteiger charge is 2.41. The number of aromatic nitrogens is 2. The summed E-state index contributed by atoms with van der Waals surface area (Å²) in [4.78, 5) is 31.5. The molecule has 2 N–H and O–H groups in total. The number of thioether (sulfide) groups is 1. The molecule has 1 amide bonds. The number of para-hydroxylation sites is 1. The summed E-state index contributed by atoms with van der Waals surface area (Å²) in [6, 6.07) is 10.6. The molecular weight excluding hydrogens is 598 g/mol. The standard InChI is InChI=1S/C30H36ClN3O8S/c1-29(2,16-35)15-34-20-11-10-17(31)12-19(20)25(18-8-7-9-21(39-5)26(18)40-6)41-22(27(34)38)13-23-32-28(42-33-23)30(3,4)43-14-24(36)37/h7-12,22,25,35H,13-16H2,1-6H3,(H,36,37)/t22-,25-/m1/s1. The number of carboxylic acids is 1. The van der Waals surface area contributed by atoms with E-state index in [1.54, 1.807) is 49.1 Å². The highest BCUT2D eigenvalue weighted by atomic mass is 35.5. The van der Waals surface area contributed by atoms with E-state index in [1.165, 1.54) is 14.2 Å². The lowest BCUT2D eigenvalue weighted by molar-refractivity contribution is -0.134. The number of nitrogens with zero attached hydrogens (tertiary/aromatic N) is 3. The summed E-state index contributed by atoms with van der Waals surface area (Å²) in [7, 11) is 3.07. The Bertz CT molecular complexity index is 1480. The first-order chi connectivity index (χ1) is 20.3. The molecular formula is C30H36ClN3O8S. The minimum Gasteiger partial charge on any atom is -0.493 e. The number of aliphatic carboxylic acids is 1. The first-order valence-corrected chi connectivity index (χ1v) is 14.9. The molecule has 0 unspecified atom stereocenters. The third-order valence-corrected chi connectivity index (χ3v) is 8.56. The van der Waals surface area contributed by atoms with Crippen molar-refractivity contribution in [2.75, 3.05) is 38.0 Å². The Labute approximate surface area is 259 Å². The number of hydrogen-bond acceptors (Lipinski definition) is 10. The van der Waals surface area contributed by atoms with Crippen molar-refractivity contribution in [3.8, 4) is 11.5 Å². The molecule has 0 fully saturated rings. The number of aliphatic hydroxyl groups excluding tert-OH is 1. The summed E-state index contributed by atoms with van der Waals surface area (Å²) in [6.45, 7) is 7.33. The zero-order chi connectivity index (χ0) is 31.5. The van der Waals surface area contributed by atoms with Gasteiger partial charge in [-0.1, -0.05) is 42.7 Å². The van der Waals surface area contributed by atoms with E-state index in [0.29, 0.717) is 33.3 Å². The van der Waals surface area contributed by atoms with Gasteiger partial charge >= 0.3 is 5.97 Å². The number of rotatable bonds is 12. The third kappa shape index (κ3) is 7.26. The highest BCUT2D eigenvalue weighted by Crippen LogP contribution is 2.45. The van der Waals surface area contributed by atoms with Gasteiger partial charge < -0.3 is 33.8 Å². The van der Waals surface area contributed by atoms with E-state index in [0.717, 1.165) is 11.8 Å². The monoisotopic (exact) mass is 633 g/mol. The molecule has 1 aromatic heterocycles. The number of carboxylic acid groups (broad SMARTS) is 1. The zero-order valence-corrected chi connectivity index (χ0v) is 26.5. The van der Waals surface area contributed by atoms with Crippen LogP contribution < -0.4 is 14.4 Å². The molecule has 2 heterocycles. The normalized spacial score (nSPS) is 17.4. The van der Waals surface area contributed by atoms with Crippen molar-refractivity contribution in [2.24, 2.45) is 5.41 Å². The summed E-state index contributed by atoms with van der Waals surface area (Å²) in [5, 5.41) is 23.8. The summed E-state index contributed by atoms with van der Waals surface area (Å²) in [5.74, 6) is -0.0831. The molecule has 43 heavy (non-hydrogen) atoms. The quantitative estimate of drug-likeness (QED) is 0.282. The number of ether oxygens (including phenoxy) is 3. The average Bonchev–Trinajstić information content (AvgIpc) is 3.42. The van der Waals surface area contributed by atoms with Crippen LogP contribution in [-0.4, -0.2) is 71.5 Å². The summed E-state index contributed by atoms with van der Waals surface area (Å²) >= 11 is 7.64. The van der Waals surface area contributed by atoms with Crippen molar-refractivity contribution in [1.82, 2.24) is 10.1 Å². The molecule has 0 spiro atoms. The van der Waals surface area contributed by atoms with Crippen LogP contribution in [0.4, 0.5) is 5.69 Å². The van der Waals surface area contributed by atoms with Crippen LogP contribution in [0.1, 0.15) is 56.6 Å². The van der Waals surface area contributed by atoms with Gasteiger partial charge in [0.15, 0.2) is 17.3 Å². The predicted molar refractivity (Wildman–Crippen MR) is 162 cm³/mol. The number of amides is 1. The fourth-order valence-electron chi connectivity index (χ4n) is 4.76. The molecule has 0 aliphatic carbocycles. The number of carbonyl (C=O) groups excluding carboxylic acids is 1. The average molecular weight is 634 g/mol. The van der Waals surface area contributed by atoms with Crippen LogP contribution in [0.3, 0.4) is 0 Å². The zero-order valence-electron chi connectivity index (χ0n) is 24.9. The molecule has 13 heteroatoms. The van der Waals surface area contributed by atoms with Crippen LogP contribution in [0, 0.1) is 5.41 Å². The van der Waals surface area contributed by atoms with E-state index in [2.05, 4.69) is 10.1 Å². The van der Waals surface area contributed by atoms with Gasteiger partial charge in [-0.05, 0) is 38.1 Å². The van der Waals surface area contributed by atoms with Crippen molar-refractivity contribution < 1.29 is 38.5 Å². The van der Waals surface area contributed by atoms with Crippen molar-refractivity contribution in [2.45, 2.75) is 51.1 Å². The van der Waals surface area contributed by atoms with Crippen molar-refractivity contribution >= 4 is 40.9 Å². The molecule has 2 atom stereocenters. The van der Waals surface area contributed by atoms with Crippen LogP contribution in [0.2, 0.25) is 5.02 Å². The molecule has 1 aliphatic rings. The number of anilines is 1. The first kappa shape index (κ1) is 32.6. The second-order valence-electron chi connectivity index (χ2n) is 11.4. The number of fused-ring (bicyclic) bond motifs is 1. The number of halogens is 1. The van der Waals surface area contributed by atoms with Crippen LogP contribution in [0.5, 0.6) is 11.5 Å². The summed E-state index contributed by atoms with van der Waals surface area (Å²) in [6.07, 6.45) is -1.94. The van der Waals surface area contributed by atoms with E-state index in [9.17, 15) is 14.7 Å². The smallest absolute Gasteiger partial charge is 0.313 e. The van der Waals surface area contributed by atoms with Crippen LogP contribution in [0.15, 0.2) is 40.9 Å². The molecule has 4 rings (SSSR count). The number of hydrogen-bond donors (Lipinski definition) is 2. The van der Waals surface area contributed by atoms with E-state index in [1.807, 2.05) is 19.9 Å². The Balaban J connectivity index is 1.82. The van der Waals surface area contributed by atoms with E-state index in [4.69, 9.17) is 35.4 Å². The molecule has 3 aromatic rings. The Kier molecular flexibility index (Phi) is 9.95. The maximum Gasteiger partial charge on any atom is 0.313 e. The fraction of sp³-hybridized carbons (Fsp3) is 0.467. The van der Waals surface area contributed by atoms with Crippen LogP contribution in [-0.2, 0) is 25.5 Å². The first-order valence-electron chi connectivity index (χ1n) is 13.6. The van der Waals surface area contributed by atoms with Gasteiger partial charge in [-0.25, -0.2) is 0 Å². The summed E-state index contributed by atoms with van der Waals surface area (Å²) in [5.41, 5.74) is 1.18. The van der Waals surface area contributed by atoms with Crippen molar-refractivity contribution in [1.29, 1.82) is 0 Å². The van der Waals surface area contributed by atoms with Crippen LogP contribution >= 0.6 is 23.4 Å².